The Kier molecular flexibility index (Phi) is 7.18. The first-order valence-electron chi connectivity index (χ1n) is 20.3. The Morgan fingerprint density at radius 3 is 1.80 bits per heavy atom. The molecule has 13 rings (SSSR count). The lowest BCUT2D eigenvalue weighted by Gasteiger charge is -2.26. The van der Waals surface area contributed by atoms with Crippen molar-refractivity contribution in [3.63, 3.8) is 0 Å². The number of anilines is 3. The summed E-state index contributed by atoms with van der Waals surface area (Å²) in [6.07, 6.45) is 0. The van der Waals surface area contributed by atoms with Crippen LogP contribution in [0.5, 0.6) is 0 Å². The summed E-state index contributed by atoms with van der Waals surface area (Å²) < 4.78 is 16.0. The van der Waals surface area contributed by atoms with Gasteiger partial charge >= 0.3 is 0 Å². The molecule has 0 saturated heterocycles. The first-order chi connectivity index (χ1) is 29.7. The molecule has 13 aromatic rings. The minimum atomic E-state index is 0.837. The zero-order valence-electron chi connectivity index (χ0n) is 32.2. The van der Waals surface area contributed by atoms with Crippen molar-refractivity contribution >= 4 is 114 Å². The molecule has 0 aliphatic heterocycles. The van der Waals surface area contributed by atoms with Crippen molar-refractivity contribution in [2.24, 2.45) is 0 Å². The Hall–Kier alpha value is -7.66. The maximum absolute atomic E-state index is 7.09. The van der Waals surface area contributed by atoms with Gasteiger partial charge in [-0.1, -0.05) is 146 Å². The van der Waals surface area contributed by atoms with Crippen LogP contribution in [0.2, 0.25) is 0 Å². The number of para-hydroxylation sites is 2. The highest BCUT2D eigenvalue weighted by molar-refractivity contribution is 7.26. The molecule has 0 radical (unpaired) electrons. The lowest BCUT2D eigenvalue weighted by atomic mass is 9.92. The van der Waals surface area contributed by atoms with Crippen molar-refractivity contribution in [2.75, 3.05) is 4.90 Å². The summed E-state index contributed by atoms with van der Waals surface area (Å²) >= 11 is 1.87. The minimum Gasteiger partial charge on any atom is -0.456 e. The highest BCUT2D eigenvalue weighted by Crippen LogP contribution is 2.51. The molecule has 0 fully saturated rings. The van der Waals surface area contributed by atoms with Crippen molar-refractivity contribution in [1.82, 2.24) is 0 Å². The van der Waals surface area contributed by atoms with E-state index in [9.17, 15) is 0 Å². The van der Waals surface area contributed by atoms with Gasteiger partial charge in [0.2, 0.25) is 0 Å². The summed E-state index contributed by atoms with van der Waals surface area (Å²) in [5.41, 5.74) is 11.3. The highest BCUT2D eigenvalue weighted by atomic mass is 32.1. The second-order valence-electron chi connectivity index (χ2n) is 15.6. The van der Waals surface area contributed by atoms with Gasteiger partial charge in [-0.2, -0.15) is 0 Å². The number of thiophene rings is 1. The molecule has 0 atom stereocenters. The molecule has 0 spiro atoms. The summed E-state index contributed by atoms with van der Waals surface area (Å²) in [5, 5.41) is 11.7. The van der Waals surface area contributed by atoms with Crippen LogP contribution in [0.15, 0.2) is 209 Å². The second kappa shape index (κ2) is 12.9. The molecule has 0 amide bonds. The van der Waals surface area contributed by atoms with E-state index in [1.54, 1.807) is 0 Å². The van der Waals surface area contributed by atoms with E-state index in [2.05, 4.69) is 193 Å². The van der Waals surface area contributed by atoms with Crippen molar-refractivity contribution < 1.29 is 8.83 Å². The number of hydrogen-bond acceptors (Lipinski definition) is 4. The molecule has 0 aliphatic carbocycles. The first-order valence-corrected chi connectivity index (χ1v) is 21.1. The van der Waals surface area contributed by atoms with Gasteiger partial charge in [0.15, 0.2) is 5.58 Å². The molecule has 4 heteroatoms. The molecule has 3 nitrogen and oxygen atoms in total. The smallest absolute Gasteiger partial charge is 0.160 e. The molecular formula is C56H33NO2S. The Labute approximate surface area is 348 Å². The van der Waals surface area contributed by atoms with Crippen LogP contribution in [0.3, 0.4) is 0 Å². The maximum Gasteiger partial charge on any atom is 0.160 e. The van der Waals surface area contributed by atoms with Gasteiger partial charge in [0.25, 0.3) is 0 Å². The molecule has 0 bridgehead atoms. The Bertz CT molecular complexity index is 3850. The van der Waals surface area contributed by atoms with E-state index in [0.29, 0.717) is 0 Å². The van der Waals surface area contributed by atoms with E-state index in [4.69, 9.17) is 8.83 Å². The standard InChI is InChI=1S/C56H33NO2S/c1-2-12-34(13-3-1)40-27-28-43(54-45-18-8-11-21-52(45)60-56(40)54)42-29-30-48(55-53(42)44-17-7-10-20-50(44)59-55)57(38-26-31-51-47(33-38)41-16-6-9-19-49(41)58-51)37-25-24-36-23-22-35-14-4-5-15-39(35)46(36)32-37/h1-33H. The molecular weight excluding hydrogens is 751 g/mol. The van der Waals surface area contributed by atoms with Crippen LogP contribution in [-0.2, 0) is 0 Å². The molecule has 0 unspecified atom stereocenters. The third-order valence-electron chi connectivity index (χ3n) is 12.3. The van der Waals surface area contributed by atoms with Gasteiger partial charge in [-0.15, -0.1) is 11.3 Å². The van der Waals surface area contributed by atoms with Crippen LogP contribution in [0.4, 0.5) is 17.1 Å². The zero-order valence-corrected chi connectivity index (χ0v) is 33.0. The molecule has 3 heterocycles. The number of hydrogen-bond donors (Lipinski definition) is 0. The lowest BCUT2D eigenvalue weighted by Crippen LogP contribution is -2.10. The van der Waals surface area contributed by atoms with Gasteiger partial charge in [0.1, 0.15) is 16.7 Å². The number of benzene rings is 10. The van der Waals surface area contributed by atoms with Crippen LogP contribution >= 0.6 is 11.3 Å². The van der Waals surface area contributed by atoms with Gasteiger partial charge in [-0.3, -0.25) is 0 Å². The fourth-order valence-corrected chi connectivity index (χ4v) is 10.8. The van der Waals surface area contributed by atoms with Crippen LogP contribution in [0.1, 0.15) is 0 Å². The van der Waals surface area contributed by atoms with Gasteiger partial charge in [0, 0.05) is 53.1 Å². The molecule has 0 saturated carbocycles. The van der Waals surface area contributed by atoms with E-state index < -0.39 is 0 Å². The number of rotatable bonds is 5. The predicted octanol–water partition coefficient (Wildman–Crippen LogP) is 17.0. The summed E-state index contributed by atoms with van der Waals surface area (Å²) in [4.78, 5) is 2.37. The zero-order chi connectivity index (χ0) is 39.3. The SMILES string of the molecule is c1ccc(-c2ccc(-c3ccc(N(c4ccc5ccc6ccccc6c5c4)c4ccc5oc6ccccc6c5c4)c4oc5ccccc5c34)c3c2sc2ccccc23)cc1. The molecule has 0 aliphatic rings. The Morgan fingerprint density at radius 1 is 0.367 bits per heavy atom. The summed E-state index contributed by atoms with van der Waals surface area (Å²) in [5.74, 6) is 0. The minimum absolute atomic E-state index is 0.837. The lowest BCUT2D eigenvalue weighted by molar-refractivity contribution is 0.669. The average molecular weight is 784 g/mol. The average Bonchev–Trinajstić information content (AvgIpc) is 4.01. The van der Waals surface area contributed by atoms with Crippen molar-refractivity contribution in [3.8, 4) is 22.3 Å². The Morgan fingerprint density at radius 2 is 0.950 bits per heavy atom. The number of furan rings is 2. The monoisotopic (exact) mass is 783 g/mol. The molecule has 280 valence electrons. The van der Waals surface area contributed by atoms with E-state index in [1.165, 1.54) is 58.4 Å². The van der Waals surface area contributed by atoms with Gasteiger partial charge in [0.05, 0.1) is 5.69 Å². The van der Waals surface area contributed by atoms with Crippen LogP contribution < -0.4 is 4.90 Å². The summed E-state index contributed by atoms with van der Waals surface area (Å²) in [6.45, 7) is 0. The van der Waals surface area contributed by atoms with Crippen molar-refractivity contribution in [2.45, 2.75) is 0 Å². The van der Waals surface area contributed by atoms with E-state index in [1.807, 2.05) is 23.5 Å². The van der Waals surface area contributed by atoms with Crippen molar-refractivity contribution in [1.29, 1.82) is 0 Å². The third-order valence-corrected chi connectivity index (χ3v) is 13.5. The molecule has 60 heavy (non-hydrogen) atoms. The van der Waals surface area contributed by atoms with E-state index in [0.717, 1.165) is 66.5 Å². The Balaban J connectivity index is 1.12. The fraction of sp³-hybridized carbons (Fsp3) is 0. The topological polar surface area (TPSA) is 29.5 Å². The highest BCUT2D eigenvalue weighted by Gasteiger charge is 2.25. The number of nitrogens with zero attached hydrogens (tertiary/aromatic N) is 1. The van der Waals surface area contributed by atoms with Crippen molar-refractivity contribution in [3.05, 3.63) is 200 Å². The van der Waals surface area contributed by atoms with E-state index >= 15 is 0 Å². The summed E-state index contributed by atoms with van der Waals surface area (Å²) in [7, 11) is 0. The number of fused-ring (bicyclic) bond motifs is 12. The fourth-order valence-electron chi connectivity index (χ4n) is 9.52. The molecule has 3 aromatic heterocycles. The first kappa shape index (κ1) is 33.3. The van der Waals surface area contributed by atoms with Gasteiger partial charge in [-0.05, 0) is 98.4 Å². The van der Waals surface area contributed by atoms with Crippen LogP contribution in [0.25, 0.3) is 108 Å². The normalized spacial score (nSPS) is 12.0. The van der Waals surface area contributed by atoms with Crippen LogP contribution in [-0.4, -0.2) is 0 Å². The second-order valence-corrected chi connectivity index (χ2v) is 16.6. The maximum atomic E-state index is 7.09. The van der Waals surface area contributed by atoms with E-state index in [-0.39, 0.29) is 0 Å². The van der Waals surface area contributed by atoms with Gasteiger partial charge < -0.3 is 13.7 Å². The van der Waals surface area contributed by atoms with Crippen LogP contribution in [0, 0.1) is 0 Å². The third kappa shape index (κ3) is 4.95. The quantitative estimate of drug-likeness (QED) is 0.163. The predicted molar refractivity (Wildman–Crippen MR) is 254 cm³/mol. The molecule has 0 N–H and O–H groups in total. The summed E-state index contributed by atoms with van der Waals surface area (Å²) in [6, 6.07) is 72.0. The molecule has 10 aromatic carbocycles. The van der Waals surface area contributed by atoms with Gasteiger partial charge in [-0.25, -0.2) is 0 Å². The largest absolute Gasteiger partial charge is 0.456 e.